The van der Waals surface area contributed by atoms with Gasteiger partial charge >= 0.3 is 0 Å². The van der Waals surface area contributed by atoms with Gasteiger partial charge < -0.3 is 4.52 Å². The normalized spacial score (nSPS) is 10.9. The first-order valence-electron chi connectivity index (χ1n) is 4.97. The van der Waals surface area contributed by atoms with Crippen LogP contribution in [0.1, 0.15) is 19.7 Å². The molecule has 0 unspecified atom stereocenters. The van der Waals surface area contributed by atoms with Crippen LogP contribution in [0.3, 0.4) is 0 Å². The molecule has 0 saturated carbocycles. The molecule has 0 saturated heterocycles. The van der Waals surface area contributed by atoms with Crippen LogP contribution in [0.15, 0.2) is 29.2 Å². The van der Waals surface area contributed by atoms with Crippen LogP contribution in [-0.4, -0.2) is 15.1 Å². The summed E-state index contributed by atoms with van der Waals surface area (Å²) in [6.07, 6.45) is 6.00. The maximum Gasteiger partial charge on any atom is 0.128 e. The summed E-state index contributed by atoms with van der Waals surface area (Å²) in [4.78, 5) is 8.56. The van der Waals surface area contributed by atoms with Gasteiger partial charge in [-0.25, -0.2) is 9.97 Å². The molecule has 0 fully saturated rings. The van der Waals surface area contributed by atoms with Gasteiger partial charge in [-0.15, -0.1) is 0 Å². The quantitative estimate of drug-likeness (QED) is 0.768. The van der Waals surface area contributed by atoms with Crippen LogP contribution >= 0.6 is 0 Å². The van der Waals surface area contributed by atoms with Crippen molar-refractivity contribution in [1.29, 1.82) is 0 Å². The summed E-state index contributed by atoms with van der Waals surface area (Å²) in [5.41, 5.74) is 1.65. The third-order valence-electron chi connectivity index (χ3n) is 2.03. The lowest BCUT2D eigenvalue weighted by molar-refractivity contribution is 0.422. The molecule has 4 heteroatoms. The molecule has 2 aromatic heterocycles. The van der Waals surface area contributed by atoms with Crippen molar-refractivity contribution in [3.63, 3.8) is 0 Å². The Morgan fingerprint density at radius 3 is 2.53 bits per heavy atom. The van der Waals surface area contributed by atoms with Crippen LogP contribution in [0.2, 0.25) is 0 Å². The van der Waals surface area contributed by atoms with Gasteiger partial charge in [0.2, 0.25) is 0 Å². The molecule has 0 aliphatic heterocycles. The first kappa shape index (κ1) is 9.83. The monoisotopic (exact) mass is 203 g/mol. The highest BCUT2D eigenvalue weighted by Gasteiger charge is 2.04. The summed E-state index contributed by atoms with van der Waals surface area (Å²) in [5, 5.41) is 3.82. The zero-order chi connectivity index (χ0) is 10.7. The van der Waals surface area contributed by atoms with E-state index in [0.717, 1.165) is 23.5 Å². The van der Waals surface area contributed by atoms with Gasteiger partial charge in [0.1, 0.15) is 17.8 Å². The number of nitrogens with zero attached hydrogens (tertiary/aromatic N) is 3. The highest BCUT2D eigenvalue weighted by atomic mass is 16.5. The first-order valence-corrected chi connectivity index (χ1v) is 4.97. The summed E-state index contributed by atoms with van der Waals surface area (Å²) in [5.74, 6) is 1.44. The molecule has 0 bridgehead atoms. The molecule has 4 nitrogen and oxygen atoms in total. The van der Waals surface area contributed by atoms with Crippen molar-refractivity contribution < 1.29 is 4.52 Å². The molecule has 0 spiro atoms. The molecule has 2 rings (SSSR count). The lowest BCUT2D eigenvalue weighted by Gasteiger charge is -2.02. The minimum atomic E-state index is 0.572. The highest BCUT2D eigenvalue weighted by Crippen LogP contribution is 2.14. The van der Waals surface area contributed by atoms with Gasteiger partial charge in [-0.3, -0.25) is 0 Å². The van der Waals surface area contributed by atoms with Crippen molar-refractivity contribution in [2.75, 3.05) is 0 Å². The number of rotatable bonds is 3. The summed E-state index contributed by atoms with van der Waals surface area (Å²) < 4.78 is 4.76. The topological polar surface area (TPSA) is 51.8 Å². The van der Waals surface area contributed by atoms with Crippen molar-refractivity contribution in [3.8, 4) is 11.3 Å². The van der Waals surface area contributed by atoms with E-state index in [1.54, 1.807) is 18.5 Å². The van der Waals surface area contributed by atoms with E-state index in [0.29, 0.717) is 5.92 Å². The molecule has 2 heterocycles. The fourth-order valence-electron chi connectivity index (χ4n) is 1.32. The van der Waals surface area contributed by atoms with Gasteiger partial charge in [0.15, 0.2) is 0 Å². The van der Waals surface area contributed by atoms with Gasteiger partial charge in [-0.1, -0.05) is 19.0 Å². The van der Waals surface area contributed by atoms with Crippen LogP contribution in [-0.2, 0) is 6.42 Å². The summed E-state index contributed by atoms with van der Waals surface area (Å²) in [6.45, 7) is 4.30. The lowest BCUT2D eigenvalue weighted by atomic mass is 10.1. The molecular formula is C11H13N3O. The average molecular weight is 203 g/mol. The second kappa shape index (κ2) is 4.21. The molecule has 0 aliphatic rings. The Morgan fingerprint density at radius 1 is 1.27 bits per heavy atom. The number of aromatic nitrogens is 3. The molecule has 0 radical (unpaired) electrons. The predicted molar refractivity (Wildman–Crippen MR) is 56.1 cm³/mol. The lowest BCUT2D eigenvalue weighted by Crippen LogP contribution is -2.00. The van der Waals surface area contributed by atoms with Crippen molar-refractivity contribution in [3.05, 3.63) is 30.5 Å². The molecule has 78 valence electrons. The van der Waals surface area contributed by atoms with E-state index >= 15 is 0 Å². The van der Waals surface area contributed by atoms with E-state index in [2.05, 4.69) is 29.0 Å². The summed E-state index contributed by atoms with van der Waals surface area (Å²) in [7, 11) is 0. The second-order valence-corrected chi connectivity index (χ2v) is 3.87. The molecular weight excluding hydrogens is 190 g/mol. The van der Waals surface area contributed by atoms with Crippen molar-refractivity contribution in [1.82, 2.24) is 15.1 Å². The molecule has 2 aromatic rings. The van der Waals surface area contributed by atoms with Gasteiger partial charge in [0, 0.05) is 30.4 Å². The first-order chi connectivity index (χ1) is 7.25. The van der Waals surface area contributed by atoms with E-state index in [1.807, 2.05) is 0 Å². The summed E-state index contributed by atoms with van der Waals surface area (Å²) >= 11 is 0. The maximum atomic E-state index is 4.76. The Morgan fingerprint density at radius 2 is 2.00 bits per heavy atom. The van der Waals surface area contributed by atoms with E-state index < -0.39 is 0 Å². The fraction of sp³-hybridized carbons (Fsp3) is 0.364. The van der Waals surface area contributed by atoms with Crippen LogP contribution in [0.5, 0.6) is 0 Å². The standard InChI is InChI=1S/C11H13N3O/c1-8(2)5-11-12-6-9(7-13-11)10-3-4-15-14-10/h3-4,6-8H,5H2,1-2H3. The molecule has 0 N–H and O–H groups in total. The zero-order valence-corrected chi connectivity index (χ0v) is 8.84. The number of hydrogen-bond acceptors (Lipinski definition) is 4. The maximum absolute atomic E-state index is 4.76. The van der Waals surface area contributed by atoms with Crippen LogP contribution < -0.4 is 0 Å². The Bertz CT molecular complexity index is 406. The van der Waals surface area contributed by atoms with E-state index in [4.69, 9.17) is 4.52 Å². The molecule has 0 amide bonds. The Kier molecular flexibility index (Phi) is 2.76. The van der Waals surface area contributed by atoms with Gasteiger partial charge in [-0.05, 0) is 5.92 Å². The average Bonchev–Trinajstić information content (AvgIpc) is 2.71. The van der Waals surface area contributed by atoms with Crippen LogP contribution in [0, 0.1) is 5.92 Å². The molecule has 15 heavy (non-hydrogen) atoms. The third kappa shape index (κ3) is 2.40. The van der Waals surface area contributed by atoms with E-state index in [9.17, 15) is 0 Å². The van der Waals surface area contributed by atoms with E-state index in [1.165, 1.54) is 6.26 Å². The molecule has 0 aliphatic carbocycles. The zero-order valence-electron chi connectivity index (χ0n) is 8.84. The van der Waals surface area contributed by atoms with Crippen LogP contribution in [0.4, 0.5) is 0 Å². The second-order valence-electron chi connectivity index (χ2n) is 3.87. The van der Waals surface area contributed by atoms with Gasteiger partial charge in [0.05, 0.1) is 0 Å². The minimum absolute atomic E-state index is 0.572. The molecule has 0 atom stereocenters. The van der Waals surface area contributed by atoms with Crippen molar-refractivity contribution in [2.24, 2.45) is 5.92 Å². The van der Waals surface area contributed by atoms with Gasteiger partial charge in [0.25, 0.3) is 0 Å². The highest BCUT2D eigenvalue weighted by molar-refractivity contribution is 5.55. The Hall–Kier alpha value is -1.71. The van der Waals surface area contributed by atoms with Crippen molar-refractivity contribution in [2.45, 2.75) is 20.3 Å². The Labute approximate surface area is 88.4 Å². The largest absolute Gasteiger partial charge is 0.364 e. The van der Waals surface area contributed by atoms with Gasteiger partial charge in [-0.2, -0.15) is 0 Å². The van der Waals surface area contributed by atoms with Crippen molar-refractivity contribution >= 4 is 0 Å². The molecule has 0 aromatic carbocycles. The Balaban J connectivity index is 2.17. The number of hydrogen-bond donors (Lipinski definition) is 0. The van der Waals surface area contributed by atoms with Crippen LogP contribution in [0.25, 0.3) is 11.3 Å². The minimum Gasteiger partial charge on any atom is -0.364 e. The van der Waals surface area contributed by atoms with E-state index in [-0.39, 0.29) is 0 Å². The summed E-state index contributed by atoms with van der Waals surface area (Å²) in [6, 6.07) is 1.79. The predicted octanol–water partition coefficient (Wildman–Crippen LogP) is 2.33. The third-order valence-corrected chi connectivity index (χ3v) is 2.03. The fourth-order valence-corrected chi connectivity index (χ4v) is 1.32. The smallest absolute Gasteiger partial charge is 0.128 e. The SMILES string of the molecule is CC(C)Cc1ncc(-c2ccon2)cn1.